The first-order valence-corrected chi connectivity index (χ1v) is 4.81. The fourth-order valence-electron chi connectivity index (χ4n) is 1.20. The van der Waals surface area contributed by atoms with E-state index in [1.807, 2.05) is 26.0 Å². The van der Waals surface area contributed by atoms with Crippen molar-refractivity contribution in [3.05, 3.63) is 29.6 Å². The maximum atomic E-state index is 8.74. The van der Waals surface area contributed by atoms with E-state index in [4.69, 9.17) is 5.26 Å². The highest BCUT2D eigenvalue weighted by Crippen LogP contribution is 2.03. The fraction of sp³-hybridized carbons (Fsp3) is 0.455. The molecule has 0 aliphatic carbocycles. The highest BCUT2D eigenvalue weighted by molar-refractivity contribution is 5.17. The molecule has 3 nitrogen and oxygen atoms in total. The Hall–Kier alpha value is -1.40. The standard InChI is InChI=1S/C11H15N3/c1-3-10(7-12)14-8-11-9(2)5-4-6-13-11/h4-6,10,14H,3,8H2,1-2H3. The van der Waals surface area contributed by atoms with Crippen LogP contribution in [0.2, 0.25) is 0 Å². The summed E-state index contributed by atoms with van der Waals surface area (Å²) in [6.07, 6.45) is 2.60. The van der Waals surface area contributed by atoms with Crippen molar-refractivity contribution in [2.75, 3.05) is 0 Å². The molecule has 0 saturated heterocycles. The van der Waals surface area contributed by atoms with Gasteiger partial charge in [-0.05, 0) is 25.0 Å². The quantitative estimate of drug-likeness (QED) is 0.785. The predicted octanol–water partition coefficient (Wildman–Crippen LogP) is 1.78. The van der Waals surface area contributed by atoms with Crippen molar-refractivity contribution in [2.45, 2.75) is 32.9 Å². The molecule has 0 aliphatic rings. The number of nitriles is 1. The van der Waals surface area contributed by atoms with Crippen LogP contribution >= 0.6 is 0 Å². The van der Waals surface area contributed by atoms with Crippen LogP contribution in [-0.2, 0) is 6.54 Å². The van der Waals surface area contributed by atoms with E-state index in [0.29, 0.717) is 6.54 Å². The van der Waals surface area contributed by atoms with Crippen LogP contribution in [0.1, 0.15) is 24.6 Å². The molecular formula is C11H15N3. The number of hydrogen-bond acceptors (Lipinski definition) is 3. The van der Waals surface area contributed by atoms with E-state index in [1.165, 1.54) is 0 Å². The van der Waals surface area contributed by atoms with E-state index in [1.54, 1.807) is 6.20 Å². The predicted molar refractivity (Wildman–Crippen MR) is 55.5 cm³/mol. The molecule has 0 aliphatic heterocycles. The molecule has 0 saturated carbocycles. The molecular weight excluding hydrogens is 174 g/mol. The van der Waals surface area contributed by atoms with Crippen LogP contribution in [-0.4, -0.2) is 11.0 Å². The van der Waals surface area contributed by atoms with Gasteiger partial charge in [-0.25, -0.2) is 0 Å². The number of rotatable bonds is 4. The van der Waals surface area contributed by atoms with Gasteiger partial charge in [0.2, 0.25) is 0 Å². The van der Waals surface area contributed by atoms with Crippen LogP contribution in [0.15, 0.2) is 18.3 Å². The molecule has 1 atom stereocenters. The van der Waals surface area contributed by atoms with Gasteiger partial charge >= 0.3 is 0 Å². The highest BCUT2D eigenvalue weighted by Gasteiger charge is 2.04. The van der Waals surface area contributed by atoms with Gasteiger partial charge in [0.25, 0.3) is 0 Å². The summed E-state index contributed by atoms with van der Waals surface area (Å²) < 4.78 is 0. The molecule has 0 radical (unpaired) electrons. The van der Waals surface area contributed by atoms with Crippen LogP contribution in [0.5, 0.6) is 0 Å². The van der Waals surface area contributed by atoms with Gasteiger partial charge in [-0.1, -0.05) is 13.0 Å². The Bertz CT molecular complexity index is 328. The van der Waals surface area contributed by atoms with E-state index in [9.17, 15) is 0 Å². The van der Waals surface area contributed by atoms with E-state index < -0.39 is 0 Å². The maximum absolute atomic E-state index is 8.74. The molecule has 1 aromatic heterocycles. The second kappa shape index (κ2) is 5.36. The minimum atomic E-state index is -0.0728. The average molecular weight is 189 g/mol. The Kier molecular flexibility index (Phi) is 4.09. The molecule has 74 valence electrons. The van der Waals surface area contributed by atoms with E-state index >= 15 is 0 Å². The van der Waals surface area contributed by atoms with Crippen molar-refractivity contribution in [2.24, 2.45) is 0 Å². The second-order valence-corrected chi connectivity index (χ2v) is 3.24. The zero-order valence-electron chi connectivity index (χ0n) is 8.62. The topological polar surface area (TPSA) is 48.7 Å². The lowest BCUT2D eigenvalue weighted by molar-refractivity contribution is 0.579. The van der Waals surface area contributed by atoms with Gasteiger partial charge in [-0.3, -0.25) is 10.3 Å². The zero-order valence-corrected chi connectivity index (χ0v) is 8.62. The minimum Gasteiger partial charge on any atom is -0.296 e. The number of pyridine rings is 1. The molecule has 0 aromatic carbocycles. The van der Waals surface area contributed by atoms with Crippen LogP contribution < -0.4 is 5.32 Å². The third-order valence-electron chi connectivity index (χ3n) is 2.20. The van der Waals surface area contributed by atoms with Crippen LogP contribution in [0.4, 0.5) is 0 Å². The molecule has 3 heteroatoms. The first-order valence-electron chi connectivity index (χ1n) is 4.81. The molecule has 1 rings (SSSR count). The molecule has 0 amide bonds. The Morgan fingerprint density at radius 3 is 3.00 bits per heavy atom. The van der Waals surface area contributed by atoms with Gasteiger partial charge in [0.15, 0.2) is 0 Å². The highest BCUT2D eigenvalue weighted by atomic mass is 14.9. The molecule has 1 heterocycles. The summed E-state index contributed by atoms with van der Waals surface area (Å²) in [7, 11) is 0. The van der Waals surface area contributed by atoms with Crippen molar-refractivity contribution >= 4 is 0 Å². The molecule has 0 bridgehead atoms. The Morgan fingerprint density at radius 1 is 1.64 bits per heavy atom. The third-order valence-corrected chi connectivity index (χ3v) is 2.20. The van der Waals surface area contributed by atoms with Gasteiger partial charge in [-0.2, -0.15) is 5.26 Å². The summed E-state index contributed by atoms with van der Waals surface area (Å²) in [5, 5.41) is 11.9. The van der Waals surface area contributed by atoms with Crippen LogP contribution in [0.3, 0.4) is 0 Å². The molecule has 1 aromatic rings. The Balaban J connectivity index is 2.54. The lowest BCUT2D eigenvalue weighted by atomic mass is 10.2. The lowest BCUT2D eigenvalue weighted by Crippen LogP contribution is -2.26. The summed E-state index contributed by atoms with van der Waals surface area (Å²) in [4.78, 5) is 4.25. The number of aromatic nitrogens is 1. The average Bonchev–Trinajstić information content (AvgIpc) is 2.22. The fourth-order valence-corrected chi connectivity index (χ4v) is 1.20. The monoisotopic (exact) mass is 189 g/mol. The van der Waals surface area contributed by atoms with Gasteiger partial charge < -0.3 is 0 Å². The van der Waals surface area contributed by atoms with Crippen molar-refractivity contribution in [3.8, 4) is 6.07 Å². The minimum absolute atomic E-state index is 0.0728. The molecule has 0 spiro atoms. The Morgan fingerprint density at radius 2 is 2.43 bits per heavy atom. The summed E-state index contributed by atoms with van der Waals surface area (Å²) in [5.41, 5.74) is 2.17. The maximum Gasteiger partial charge on any atom is 0.0953 e. The first-order chi connectivity index (χ1) is 6.77. The van der Waals surface area contributed by atoms with E-state index in [0.717, 1.165) is 17.7 Å². The zero-order chi connectivity index (χ0) is 10.4. The van der Waals surface area contributed by atoms with Gasteiger partial charge in [0, 0.05) is 12.7 Å². The van der Waals surface area contributed by atoms with Crippen molar-refractivity contribution in [3.63, 3.8) is 0 Å². The first kappa shape index (κ1) is 10.7. The largest absolute Gasteiger partial charge is 0.296 e. The van der Waals surface area contributed by atoms with Gasteiger partial charge in [0.05, 0.1) is 17.8 Å². The van der Waals surface area contributed by atoms with Crippen LogP contribution in [0, 0.1) is 18.3 Å². The van der Waals surface area contributed by atoms with Crippen molar-refractivity contribution in [1.29, 1.82) is 5.26 Å². The molecule has 0 fully saturated rings. The number of hydrogen-bond donors (Lipinski definition) is 1. The summed E-state index contributed by atoms with van der Waals surface area (Å²) in [6, 6.07) is 6.07. The van der Waals surface area contributed by atoms with Gasteiger partial charge in [-0.15, -0.1) is 0 Å². The Labute approximate surface area is 84.8 Å². The smallest absolute Gasteiger partial charge is 0.0953 e. The third kappa shape index (κ3) is 2.82. The number of nitrogens with one attached hydrogen (secondary N) is 1. The summed E-state index contributed by atoms with van der Waals surface area (Å²) in [6.45, 7) is 4.68. The summed E-state index contributed by atoms with van der Waals surface area (Å²) in [5.74, 6) is 0. The van der Waals surface area contributed by atoms with E-state index in [2.05, 4.69) is 16.4 Å². The van der Waals surface area contributed by atoms with Crippen molar-refractivity contribution in [1.82, 2.24) is 10.3 Å². The SMILES string of the molecule is CCC(C#N)NCc1ncccc1C. The molecule has 1 N–H and O–H groups in total. The number of aryl methyl sites for hydroxylation is 1. The molecule has 14 heavy (non-hydrogen) atoms. The van der Waals surface area contributed by atoms with E-state index in [-0.39, 0.29) is 6.04 Å². The lowest BCUT2D eigenvalue weighted by Gasteiger charge is -2.09. The van der Waals surface area contributed by atoms with Crippen molar-refractivity contribution < 1.29 is 0 Å². The van der Waals surface area contributed by atoms with Crippen LogP contribution in [0.25, 0.3) is 0 Å². The van der Waals surface area contributed by atoms with Gasteiger partial charge in [0.1, 0.15) is 0 Å². The number of nitrogens with zero attached hydrogens (tertiary/aromatic N) is 2. The summed E-state index contributed by atoms with van der Waals surface area (Å²) >= 11 is 0. The molecule has 1 unspecified atom stereocenters. The normalized spacial score (nSPS) is 12.1. The second-order valence-electron chi connectivity index (χ2n) is 3.24.